The van der Waals surface area contributed by atoms with Gasteiger partial charge in [-0.3, -0.25) is 0 Å². The fraction of sp³-hybridized carbons (Fsp3) is 0.727. The van der Waals surface area contributed by atoms with E-state index in [0.29, 0.717) is 0 Å². The van der Waals surface area contributed by atoms with Crippen LogP contribution in [-0.4, -0.2) is 9.55 Å². The number of rotatable bonds is 23. The van der Waals surface area contributed by atoms with Gasteiger partial charge in [0.15, 0.2) is 0 Å². The summed E-state index contributed by atoms with van der Waals surface area (Å²) in [6, 6.07) is 10.8. The summed E-state index contributed by atoms with van der Waals surface area (Å²) in [6.07, 6.45) is 30.9. The summed E-state index contributed by atoms with van der Waals surface area (Å²) in [6.45, 7) is 5.72. The second-order valence-corrected chi connectivity index (χ2v) is 10.7. The predicted molar refractivity (Wildman–Crippen MR) is 154 cm³/mol. The lowest BCUT2D eigenvalue weighted by atomic mass is 10.0. The van der Waals surface area contributed by atoms with Gasteiger partial charge in [-0.25, -0.2) is 4.98 Å². The van der Waals surface area contributed by atoms with Crippen LogP contribution in [0.5, 0.6) is 0 Å². The largest absolute Gasteiger partial charge is 0.335 e. The van der Waals surface area contributed by atoms with Crippen LogP contribution in [0.4, 0.5) is 0 Å². The number of aromatic nitrogens is 2. The first-order chi connectivity index (χ1) is 17.3. The molecular formula is C33H56N2. The fourth-order valence-corrected chi connectivity index (χ4v) is 5.20. The van der Waals surface area contributed by atoms with Gasteiger partial charge in [0.05, 0.1) is 5.69 Å². The van der Waals surface area contributed by atoms with E-state index >= 15 is 0 Å². The molecule has 0 amide bonds. The predicted octanol–water partition coefficient (Wildman–Crippen LogP) is 10.3. The first kappa shape index (κ1) is 29.7. The lowest BCUT2D eigenvalue weighted by Crippen LogP contribution is -2.03. The van der Waals surface area contributed by atoms with Gasteiger partial charge in [0.2, 0.25) is 0 Å². The van der Waals surface area contributed by atoms with E-state index in [-0.39, 0.29) is 0 Å². The molecule has 0 unspecified atom stereocenters. The van der Waals surface area contributed by atoms with Crippen LogP contribution in [0, 0.1) is 0 Å². The normalized spacial score (nSPS) is 11.4. The van der Waals surface area contributed by atoms with Crippen molar-refractivity contribution in [1.29, 1.82) is 0 Å². The highest BCUT2D eigenvalue weighted by molar-refractivity contribution is 5.15. The summed E-state index contributed by atoms with van der Waals surface area (Å²) in [5, 5.41) is 0. The third-order valence-electron chi connectivity index (χ3n) is 7.38. The van der Waals surface area contributed by atoms with Crippen molar-refractivity contribution in [2.45, 2.75) is 155 Å². The van der Waals surface area contributed by atoms with E-state index in [9.17, 15) is 0 Å². The molecule has 0 aliphatic rings. The molecule has 1 aromatic heterocycles. The Labute approximate surface area is 218 Å². The number of benzene rings is 1. The molecule has 0 aliphatic heterocycles. The molecule has 35 heavy (non-hydrogen) atoms. The van der Waals surface area contributed by atoms with Crippen molar-refractivity contribution < 1.29 is 0 Å². The molecule has 1 aromatic carbocycles. The van der Waals surface area contributed by atoms with Crippen LogP contribution in [0.2, 0.25) is 0 Å². The van der Waals surface area contributed by atoms with Crippen molar-refractivity contribution in [2.24, 2.45) is 0 Å². The molecule has 2 aromatic rings. The van der Waals surface area contributed by atoms with E-state index in [0.717, 1.165) is 25.8 Å². The topological polar surface area (TPSA) is 17.8 Å². The van der Waals surface area contributed by atoms with Gasteiger partial charge in [0.25, 0.3) is 0 Å². The molecular weight excluding hydrogens is 424 g/mol. The van der Waals surface area contributed by atoms with Gasteiger partial charge in [-0.15, -0.1) is 0 Å². The van der Waals surface area contributed by atoms with E-state index in [1.807, 2.05) is 0 Å². The molecule has 0 spiro atoms. The maximum atomic E-state index is 4.99. The molecule has 0 bridgehead atoms. The average molecular weight is 481 g/mol. The summed E-state index contributed by atoms with van der Waals surface area (Å²) in [5.74, 6) is 1.31. The maximum Gasteiger partial charge on any atom is 0.108 e. The van der Waals surface area contributed by atoms with Crippen molar-refractivity contribution in [1.82, 2.24) is 9.55 Å². The Morgan fingerprint density at radius 2 is 1.09 bits per heavy atom. The SMILES string of the molecule is CCCCCCCCCCCCCCCCCCn1cc(CCCc2ccccc2)nc1CCC. The molecule has 0 saturated carbocycles. The minimum Gasteiger partial charge on any atom is -0.335 e. The third kappa shape index (κ3) is 14.6. The second kappa shape index (κ2) is 20.6. The minimum atomic E-state index is 1.09. The molecule has 0 saturated heterocycles. The number of nitrogens with zero attached hydrogens (tertiary/aromatic N) is 2. The summed E-state index contributed by atoms with van der Waals surface area (Å²) < 4.78 is 2.46. The smallest absolute Gasteiger partial charge is 0.108 e. The molecule has 1 heterocycles. The first-order valence-electron chi connectivity index (χ1n) is 15.4. The summed E-state index contributed by atoms with van der Waals surface area (Å²) in [4.78, 5) is 4.99. The Morgan fingerprint density at radius 1 is 0.543 bits per heavy atom. The Morgan fingerprint density at radius 3 is 1.63 bits per heavy atom. The van der Waals surface area contributed by atoms with E-state index in [2.05, 4.69) is 54.9 Å². The molecule has 2 rings (SSSR count). The minimum absolute atomic E-state index is 1.09. The quantitative estimate of drug-likeness (QED) is 0.145. The second-order valence-electron chi connectivity index (χ2n) is 10.7. The third-order valence-corrected chi connectivity index (χ3v) is 7.38. The van der Waals surface area contributed by atoms with Gasteiger partial charge in [0.1, 0.15) is 5.82 Å². The van der Waals surface area contributed by atoms with Crippen LogP contribution >= 0.6 is 0 Å². The van der Waals surface area contributed by atoms with Crippen molar-refractivity contribution in [3.8, 4) is 0 Å². The van der Waals surface area contributed by atoms with Crippen molar-refractivity contribution in [3.05, 3.63) is 53.6 Å². The van der Waals surface area contributed by atoms with E-state index in [1.54, 1.807) is 0 Å². The number of aryl methyl sites for hydroxylation is 4. The van der Waals surface area contributed by atoms with Crippen molar-refractivity contribution in [2.75, 3.05) is 0 Å². The number of hydrogen-bond acceptors (Lipinski definition) is 1. The maximum absolute atomic E-state index is 4.99. The highest BCUT2D eigenvalue weighted by atomic mass is 15.1. The number of hydrogen-bond donors (Lipinski definition) is 0. The average Bonchev–Trinajstić information content (AvgIpc) is 3.26. The van der Waals surface area contributed by atoms with E-state index in [1.165, 1.54) is 133 Å². The zero-order chi connectivity index (χ0) is 24.8. The number of unbranched alkanes of at least 4 members (excludes halogenated alkanes) is 15. The van der Waals surface area contributed by atoms with Crippen LogP contribution in [0.3, 0.4) is 0 Å². The Bertz CT molecular complexity index is 718. The van der Waals surface area contributed by atoms with Gasteiger partial charge >= 0.3 is 0 Å². The van der Waals surface area contributed by atoms with Gasteiger partial charge in [0, 0.05) is 19.2 Å². The van der Waals surface area contributed by atoms with Gasteiger partial charge in [-0.2, -0.15) is 0 Å². The van der Waals surface area contributed by atoms with Crippen molar-refractivity contribution >= 4 is 0 Å². The van der Waals surface area contributed by atoms with Crippen LogP contribution in [0.25, 0.3) is 0 Å². The lowest BCUT2D eigenvalue weighted by molar-refractivity contribution is 0.517. The summed E-state index contributed by atoms with van der Waals surface area (Å²) in [5.41, 5.74) is 2.73. The van der Waals surface area contributed by atoms with Crippen LogP contribution in [0.15, 0.2) is 36.5 Å². The molecule has 0 N–H and O–H groups in total. The van der Waals surface area contributed by atoms with E-state index < -0.39 is 0 Å². The monoisotopic (exact) mass is 480 g/mol. The van der Waals surface area contributed by atoms with Gasteiger partial charge in [-0.1, -0.05) is 140 Å². The molecule has 198 valence electrons. The molecule has 0 aliphatic carbocycles. The number of imidazole rings is 1. The molecule has 0 radical (unpaired) electrons. The molecule has 0 atom stereocenters. The van der Waals surface area contributed by atoms with E-state index in [4.69, 9.17) is 4.98 Å². The van der Waals surface area contributed by atoms with Gasteiger partial charge < -0.3 is 4.57 Å². The zero-order valence-corrected chi connectivity index (χ0v) is 23.4. The van der Waals surface area contributed by atoms with Crippen LogP contribution in [-0.2, 0) is 25.8 Å². The Hall–Kier alpha value is -1.57. The highest BCUT2D eigenvalue weighted by Gasteiger charge is 2.07. The molecule has 2 heteroatoms. The molecule has 0 fully saturated rings. The standard InChI is InChI=1S/C33H56N2/c1-3-5-6-7-8-9-10-11-12-13-14-15-16-17-18-22-29-35-30-32(34-33(35)24-4-2)28-23-27-31-25-20-19-21-26-31/h19-21,25-26,30H,3-18,22-24,27-29H2,1-2H3. The van der Waals surface area contributed by atoms with Crippen molar-refractivity contribution in [3.63, 3.8) is 0 Å². The summed E-state index contributed by atoms with van der Waals surface area (Å²) in [7, 11) is 0. The molecule has 2 nitrogen and oxygen atoms in total. The Balaban J connectivity index is 1.47. The zero-order valence-electron chi connectivity index (χ0n) is 23.4. The Kier molecular flexibility index (Phi) is 17.5. The van der Waals surface area contributed by atoms with Crippen LogP contribution < -0.4 is 0 Å². The first-order valence-corrected chi connectivity index (χ1v) is 15.4. The van der Waals surface area contributed by atoms with Crippen LogP contribution in [0.1, 0.15) is 147 Å². The summed E-state index contributed by atoms with van der Waals surface area (Å²) >= 11 is 0. The highest BCUT2D eigenvalue weighted by Crippen LogP contribution is 2.15. The van der Waals surface area contributed by atoms with Gasteiger partial charge in [-0.05, 0) is 37.7 Å². The lowest BCUT2D eigenvalue weighted by Gasteiger charge is -2.07. The fourth-order valence-electron chi connectivity index (χ4n) is 5.20.